The number of anilines is 1. The zero-order valence-electron chi connectivity index (χ0n) is 10.3. The van der Waals surface area contributed by atoms with Crippen LogP contribution in [0.2, 0.25) is 0 Å². The summed E-state index contributed by atoms with van der Waals surface area (Å²) in [4.78, 5) is 17.9. The van der Waals surface area contributed by atoms with Crippen molar-refractivity contribution in [1.29, 1.82) is 0 Å². The van der Waals surface area contributed by atoms with Crippen LogP contribution in [0.3, 0.4) is 0 Å². The fourth-order valence-electron chi connectivity index (χ4n) is 1.48. The second-order valence-electron chi connectivity index (χ2n) is 3.63. The van der Waals surface area contributed by atoms with Crippen LogP contribution in [0, 0.1) is 17.0 Å². The number of nitrogens with one attached hydrogen (secondary N) is 1. The Labute approximate surface area is 107 Å². The number of rotatable bonds is 5. The minimum absolute atomic E-state index is 0.0610. The smallest absolute Gasteiger partial charge is 0.372 e. The fourth-order valence-corrected chi connectivity index (χ4v) is 1.48. The van der Waals surface area contributed by atoms with Crippen molar-refractivity contribution in [3.05, 3.63) is 34.0 Å². The molecule has 2 rings (SSSR count). The van der Waals surface area contributed by atoms with Crippen molar-refractivity contribution in [2.45, 2.75) is 13.5 Å². The van der Waals surface area contributed by atoms with Crippen LogP contribution in [0.25, 0.3) is 0 Å². The highest BCUT2D eigenvalue weighted by atomic mass is 16.6. The van der Waals surface area contributed by atoms with Gasteiger partial charge in [-0.25, -0.2) is 4.98 Å². The average Bonchev–Trinajstić information content (AvgIpc) is 2.81. The molecule has 0 aromatic carbocycles. The van der Waals surface area contributed by atoms with Crippen molar-refractivity contribution in [1.82, 2.24) is 15.1 Å². The first kappa shape index (κ1) is 12.7. The lowest BCUT2D eigenvalue weighted by atomic mass is 10.3. The molecule has 0 fully saturated rings. The Morgan fingerprint density at radius 1 is 1.53 bits per heavy atom. The van der Waals surface area contributed by atoms with Crippen molar-refractivity contribution in [3.8, 4) is 5.88 Å². The Balaban J connectivity index is 2.22. The summed E-state index contributed by atoms with van der Waals surface area (Å²) in [5.41, 5.74) is 0.410. The Kier molecular flexibility index (Phi) is 3.55. The third kappa shape index (κ3) is 2.76. The normalized spacial score (nSPS) is 10.2. The first-order valence-corrected chi connectivity index (χ1v) is 5.31. The van der Waals surface area contributed by atoms with Gasteiger partial charge in [-0.3, -0.25) is 10.1 Å². The molecule has 0 aliphatic carbocycles. The van der Waals surface area contributed by atoms with Crippen LogP contribution in [0.15, 0.2) is 16.9 Å². The minimum Gasteiger partial charge on any atom is -0.476 e. The Morgan fingerprint density at radius 3 is 2.89 bits per heavy atom. The Bertz CT molecular complexity index is 597. The van der Waals surface area contributed by atoms with Gasteiger partial charge in [0, 0.05) is 6.07 Å². The lowest BCUT2D eigenvalue weighted by Gasteiger charge is -2.05. The second kappa shape index (κ2) is 5.29. The maximum Gasteiger partial charge on any atom is 0.372 e. The SMILES string of the molecule is COc1ncnc(NCc2cc(C)no2)c1[N+](=O)[O-]. The highest BCUT2D eigenvalue weighted by Crippen LogP contribution is 2.30. The molecule has 0 unspecified atom stereocenters. The number of methoxy groups -OCH3 is 1. The van der Waals surface area contributed by atoms with Crippen LogP contribution in [0.1, 0.15) is 11.5 Å². The van der Waals surface area contributed by atoms with Crippen molar-refractivity contribution in [3.63, 3.8) is 0 Å². The zero-order chi connectivity index (χ0) is 13.8. The minimum atomic E-state index is -0.604. The maximum absolute atomic E-state index is 11.0. The van der Waals surface area contributed by atoms with Gasteiger partial charge in [0.05, 0.1) is 24.3 Å². The molecular formula is C10H11N5O4. The molecule has 2 aromatic rings. The van der Waals surface area contributed by atoms with Gasteiger partial charge >= 0.3 is 5.69 Å². The molecule has 0 aliphatic heterocycles. The highest BCUT2D eigenvalue weighted by molar-refractivity contribution is 5.61. The van der Waals surface area contributed by atoms with E-state index in [0.717, 1.165) is 5.69 Å². The molecule has 9 heteroatoms. The summed E-state index contributed by atoms with van der Waals surface area (Å²) in [6.45, 7) is 2.00. The summed E-state index contributed by atoms with van der Waals surface area (Å²) < 4.78 is 9.82. The summed E-state index contributed by atoms with van der Waals surface area (Å²) in [5.74, 6) is 0.506. The fraction of sp³-hybridized carbons (Fsp3) is 0.300. The monoisotopic (exact) mass is 265 g/mol. The van der Waals surface area contributed by atoms with Gasteiger partial charge in [0.2, 0.25) is 5.82 Å². The first-order valence-electron chi connectivity index (χ1n) is 5.31. The Hall–Kier alpha value is -2.71. The second-order valence-corrected chi connectivity index (χ2v) is 3.63. The molecule has 0 atom stereocenters. The van der Waals surface area contributed by atoms with Gasteiger partial charge in [-0.05, 0) is 6.92 Å². The molecule has 0 spiro atoms. The summed E-state index contributed by atoms with van der Waals surface area (Å²) in [7, 11) is 1.30. The third-order valence-corrected chi connectivity index (χ3v) is 2.27. The third-order valence-electron chi connectivity index (χ3n) is 2.27. The van der Waals surface area contributed by atoms with Gasteiger partial charge in [0.25, 0.3) is 5.88 Å². The lowest BCUT2D eigenvalue weighted by Crippen LogP contribution is -2.06. The predicted molar refractivity (Wildman–Crippen MR) is 63.8 cm³/mol. The van der Waals surface area contributed by atoms with E-state index >= 15 is 0 Å². The molecule has 2 aromatic heterocycles. The lowest BCUT2D eigenvalue weighted by molar-refractivity contribution is -0.385. The summed E-state index contributed by atoms with van der Waals surface area (Å²) in [6, 6.07) is 1.72. The molecule has 1 N–H and O–H groups in total. The molecular weight excluding hydrogens is 254 g/mol. The number of nitrogens with zero attached hydrogens (tertiary/aromatic N) is 4. The summed E-state index contributed by atoms with van der Waals surface area (Å²) in [6.07, 6.45) is 1.18. The van der Waals surface area contributed by atoms with Crippen LogP contribution in [-0.2, 0) is 6.54 Å². The van der Waals surface area contributed by atoms with E-state index in [0.29, 0.717) is 5.76 Å². The molecule has 0 radical (unpaired) electrons. The molecule has 0 amide bonds. The first-order chi connectivity index (χ1) is 9.11. The van der Waals surface area contributed by atoms with Gasteiger partial charge in [-0.15, -0.1) is 0 Å². The van der Waals surface area contributed by atoms with Gasteiger partial charge in [0.1, 0.15) is 6.33 Å². The predicted octanol–water partition coefficient (Wildman–Crippen LogP) is 1.30. The van der Waals surface area contributed by atoms with Crippen molar-refractivity contribution in [2.24, 2.45) is 0 Å². The standard InChI is InChI=1S/C10H11N5O4/c1-6-3-7(19-14-6)4-11-9-8(15(16)17)10(18-2)13-5-12-9/h3,5H,4H2,1-2H3,(H,11,12,13). The topological polar surface area (TPSA) is 116 Å². The number of hydrogen-bond acceptors (Lipinski definition) is 8. The quantitative estimate of drug-likeness (QED) is 0.635. The van der Waals surface area contributed by atoms with Gasteiger partial charge in [0.15, 0.2) is 5.76 Å². The van der Waals surface area contributed by atoms with E-state index in [2.05, 4.69) is 20.4 Å². The Morgan fingerprint density at radius 2 is 2.32 bits per heavy atom. The van der Waals surface area contributed by atoms with E-state index in [-0.39, 0.29) is 23.9 Å². The molecule has 2 heterocycles. The van der Waals surface area contributed by atoms with Crippen LogP contribution in [0.5, 0.6) is 5.88 Å². The van der Waals surface area contributed by atoms with Gasteiger partial charge in [-0.1, -0.05) is 5.16 Å². The molecule has 100 valence electrons. The molecule has 0 aliphatic rings. The number of ether oxygens (including phenoxy) is 1. The molecule has 19 heavy (non-hydrogen) atoms. The maximum atomic E-state index is 11.0. The molecule has 0 saturated carbocycles. The van der Waals surface area contributed by atoms with E-state index in [1.807, 2.05) is 0 Å². The molecule has 9 nitrogen and oxygen atoms in total. The number of nitro groups is 1. The van der Waals surface area contributed by atoms with E-state index in [9.17, 15) is 10.1 Å². The van der Waals surface area contributed by atoms with Crippen molar-refractivity contribution >= 4 is 11.5 Å². The highest BCUT2D eigenvalue weighted by Gasteiger charge is 2.23. The van der Waals surface area contributed by atoms with E-state index in [4.69, 9.17) is 9.26 Å². The number of aryl methyl sites for hydroxylation is 1. The number of aromatic nitrogens is 3. The van der Waals surface area contributed by atoms with E-state index in [1.54, 1.807) is 13.0 Å². The van der Waals surface area contributed by atoms with Gasteiger partial charge < -0.3 is 14.6 Å². The van der Waals surface area contributed by atoms with E-state index < -0.39 is 4.92 Å². The summed E-state index contributed by atoms with van der Waals surface area (Å²) >= 11 is 0. The number of hydrogen-bond donors (Lipinski definition) is 1. The van der Waals surface area contributed by atoms with Crippen molar-refractivity contribution < 1.29 is 14.2 Å². The average molecular weight is 265 g/mol. The molecule has 0 saturated heterocycles. The molecule has 0 bridgehead atoms. The van der Waals surface area contributed by atoms with Crippen LogP contribution in [0.4, 0.5) is 11.5 Å². The van der Waals surface area contributed by atoms with Crippen LogP contribution >= 0.6 is 0 Å². The van der Waals surface area contributed by atoms with Gasteiger partial charge in [-0.2, -0.15) is 4.98 Å². The van der Waals surface area contributed by atoms with Crippen LogP contribution in [-0.4, -0.2) is 27.2 Å². The van der Waals surface area contributed by atoms with Crippen LogP contribution < -0.4 is 10.1 Å². The zero-order valence-corrected chi connectivity index (χ0v) is 10.3. The largest absolute Gasteiger partial charge is 0.476 e. The van der Waals surface area contributed by atoms with E-state index in [1.165, 1.54) is 13.4 Å². The van der Waals surface area contributed by atoms with Crippen molar-refractivity contribution in [2.75, 3.05) is 12.4 Å². The summed E-state index contributed by atoms with van der Waals surface area (Å²) in [5, 5.41) is 17.5.